The number of imidazole rings is 1. The first-order chi connectivity index (χ1) is 7.22. The normalized spacial score (nSPS) is 10.4. The zero-order chi connectivity index (χ0) is 10.8. The lowest BCUT2D eigenvalue weighted by Gasteiger charge is -1.99. The number of quaternary nitrogens is 1. The van der Waals surface area contributed by atoms with Crippen LogP contribution in [0, 0.1) is 0 Å². The minimum absolute atomic E-state index is 0. The molecule has 16 heavy (non-hydrogen) atoms. The van der Waals surface area contributed by atoms with Crippen molar-refractivity contribution in [2.24, 2.45) is 0 Å². The van der Waals surface area contributed by atoms with Crippen molar-refractivity contribution in [1.29, 1.82) is 0 Å². The average Bonchev–Trinajstić information content (AvgIpc) is 2.51. The van der Waals surface area contributed by atoms with E-state index in [1.54, 1.807) is 16.7 Å². The Hall–Kier alpha value is -1.04. The molecule has 2 rings (SSSR count). The summed E-state index contributed by atoms with van der Waals surface area (Å²) < 4.78 is 1.60. The molecule has 2 aromatic heterocycles. The average molecular weight is 263 g/mol. The summed E-state index contributed by atoms with van der Waals surface area (Å²) in [4.78, 5) is 18.4. The highest BCUT2D eigenvalue weighted by molar-refractivity contribution is 6.29. The molecule has 0 radical (unpaired) electrons. The molecule has 2 heterocycles. The summed E-state index contributed by atoms with van der Waals surface area (Å²) in [6.07, 6.45) is 0. The van der Waals surface area contributed by atoms with E-state index in [4.69, 9.17) is 11.6 Å². The molecular formula is C9H12Cl2N4O. The molecule has 0 aliphatic carbocycles. The summed E-state index contributed by atoms with van der Waals surface area (Å²) in [6, 6.07) is 3.42. The minimum Gasteiger partial charge on any atom is -1.00 e. The van der Waals surface area contributed by atoms with Gasteiger partial charge in [0.1, 0.15) is 5.15 Å². The Kier molecular flexibility index (Phi) is 4.35. The molecule has 0 aliphatic rings. The number of nitrogens with two attached hydrogens (primary N) is 1. The van der Waals surface area contributed by atoms with Crippen LogP contribution in [0.5, 0.6) is 0 Å². The number of hydrogen-bond donors (Lipinski definition) is 2. The third kappa shape index (κ3) is 2.37. The maximum atomic E-state index is 11.6. The molecule has 5 nitrogen and oxygen atoms in total. The number of aromatic amines is 1. The lowest BCUT2D eigenvalue weighted by Crippen LogP contribution is -3.00. The van der Waals surface area contributed by atoms with Gasteiger partial charge in [-0.1, -0.05) is 11.6 Å². The maximum Gasteiger partial charge on any atom is 0.327 e. The van der Waals surface area contributed by atoms with Gasteiger partial charge in [-0.25, -0.2) is 9.78 Å². The van der Waals surface area contributed by atoms with Crippen LogP contribution in [-0.4, -0.2) is 28.1 Å². The van der Waals surface area contributed by atoms with Gasteiger partial charge in [0.25, 0.3) is 0 Å². The first kappa shape index (κ1) is 13.0. The zero-order valence-electron chi connectivity index (χ0n) is 8.70. The van der Waals surface area contributed by atoms with Crippen molar-refractivity contribution in [2.75, 3.05) is 13.6 Å². The van der Waals surface area contributed by atoms with E-state index in [1.807, 2.05) is 12.4 Å². The van der Waals surface area contributed by atoms with Gasteiger partial charge in [-0.3, -0.25) is 4.57 Å². The highest BCUT2D eigenvalue weighted by atomic mass is 35.5. The molecule has 0 bridgehead atoms. The summed E-state index contributed by atoms with van der Waals surface area (Å²) in [6.45, 7) is 1.46. The second kappa shape index (κ2) is 5.34. The van der Waals surface area contributed by atoms with E-state index in [0.29, 0.717) is 17.3 Å². The molecule has 0 fully saturated rings. The number of halogens is 2. The lowest BCUT2D eigenvalue weighted by molar-refractivity contribution is -0.627. The molecule has 0 atom stereocenters. The molecule has 0 saturated carbocycles. The Labute approximate surface area is 103 Å². The third-order valence-corrected chi connectivity index (χ3v) is 2.44. The van der Waals surface area contributed by atoms with Crippen molar-refractivity contribution < 1.29 is 17.7 Å². The van der Waals surface area contributed by atoms with Crippen LogP contribution in [0.15, 0.2) is 16.9 Å². The van der Waals surface area contributed by atoms with Crippen LogP contribution in [0.2, 0.25) is 5.15 Å². The summed E-state index contributed by atoms with van der Waals surface area (Å²) in [5, 5.41) is 2.41. The van der Waals surface area contributed by atoms with Crippen LogP contribution in [0.4, 0.5) is 0 Å². The van der Waals surface area contributed by atoms with E-state index in [2.05, 4.69) is 9.97 Å². The van der Waals surface area contributed by atoms with E-state index in [-0.39, 0.29) is 18.1 Å². The molecule has 3 N–H and O–H groups in total. The van der Waals surface area contributed by atoms with Gasteiger partial charge in [0.2, 0.25) is 0 Å². The Morgan fingerprint density at radius 3 is 3.00 bits per heavy atom. The van der Waals surface area contributed by atoms with Crippen molar-refractivity contribution in [3.05, 3.63) is 27.8 Å². The number of hydrogen-bond acceptors (Lipinski definition) is 2. The number of pyridine rings is 1. The molecule has 0 amide bonds. The number of H-pyrrole nitrogens is 1. The molecule has 0 unspecified atom stereocenters. The smallest absolute Gasteiger partial charge is 0.327 e. The van der Waals surface area contributed by atoms with Gasteiger partial charge in [-0.05, 0) is 12.1 Å². The fourth-order valence-electron chi connectivity index (χ4n) is 1.47. The van der Waals surface area contributed by atoms with Gasteiger partial charge in [0, 0.05) is 0 Å². The molecule has 7 heteroatoms. The van der Waals surface area contributed by atoms with Gasteiger partial charge in [0.15, 0.2) is 5.65 Å². The van der Waals surface area contributed by atoms with E-state index in [0.717, 1.165) is 12.1 Å². The monoisotopic (exact) mass is 262 g/mol. The predicted molar refractivity (Wildman–Crippen MR) is 58.1 cm³/mol. The van der Waals surface area contributed by atoms with E-state index < -0.39 is 0 Å². The van der Waals surface area contributed by atoms with Crippen molar-refractivity contribution >= 4 is 22.8 Å². The standard InChI is InChI=1S/C9H11ClN4O.ClH/c1-11-4-5-14-8-6(12-9(14)15)2-3-7(10)13-8;/h2-3,11H,4-5H2,1H3,(H,12,15);1H. The highest BCUT2D eigenvalue weighted by Crippen LogP contribution is 2.11. The van der Waals surface area contributed by atoms with Crippen LogP contribution in [0.1, 0.15) is 0 Å². The minimum atomic E-state index is -0.137. The number of aromatic nitrogens is 3. The molecule has 2 aromatic rings. The van der Waals surface area contributed by atoms with Gasteiger partial charge >= 0.3 is 5.69 Å². The van der Waals surface area contributed by atoms with Gasteiger partial charge in [0.05, 0.1) is 25.7 Å². The van der Waals surface area contributed by atoms with Crippen molar-refractivity contribution in [2.45, 2.75) is 6.54 Å². The number of rotatable bonds is 3. The number of nitrogens with zero attached hydrogens (tertiary/aromatic N) is 2. The second-order valence-corrected chi connectivity index (χ2v) is 3.67. The molecule has 0 saturated heterocycles. The van der Waals surface area contributed by atoms with Crippen LogP contribution in [0.3, 0.4) is 0 Å². The molecule has 0 spiro atoms. The van der Waals surface area contributed by atoms with Gasteiger partial charge in [-0.2, -0.15) is 0 Å². The van der Waals surface area contributed by atoms with Crippen LogP contribution < -0.4 is 23.4 Å². The highest BCUT2D eigenvalue weighted by Gasteiger charge is 2.08. The zero-order valence-corrected chi connectivity index (χ0v) is 10.2. The lowest BCUT2D eigenvalue weighted by atomic mass is 10.4. The maximum absolute atomic E-state index is 11.6. The molecule has 88 valence electrons. The summed E-state index contributed by atoms with van der Waals surface area (Å²) >= 11 is 5.79. The summed E-state index contributed by atoms with van der Waals surface area (Å²) in [5.74, 6) is 0. The van der Waals surface area contributed by atoms with Crippen molar-refractivity contribution in [3.8, 4) is 0 Å². The van der Waals surface area contributed by atoms with Gasteiger partial charge < -0.3 is 22.7 Å². The van der Waals surface area contributed by atoms with Crippen LogP contribution in [-0.2, 0) is 6.54 Å². The summed E-state index contributed by atoms with van der Waals surface area (Å²) in [7, 11) is 1.96. The fraction of sp³-hybridized carbons (Fsp3) is 0.333. The van der Waals surface area contributed by atoms with Crippen LogP contribution in [0.25, 0.3) is 11.2 Å². The topological polar surface area (TPSA) is 67.3 Å². The van der Waals surface area contributed by atoms with E-state index in [1.165, 1.54) is 0 Å². The van der Waals surface area contributed by atoms with Crippen molar-refractivity contribution in [3.63, 3.8) is 0 Å². The SMILES string of the molecule is C[NH2+]CCn1c(=O)[nH]c2ccc(Cl)nc21.[Cl-]. The molecule has 0 aliphatic heterocycles. The quantitative estimate of drug-likeness (QED) is 0.566. The molecule has 0 aromatic carbocycles. The third-order valence-electron chi connectivity index (χ3n) is 2.22. The fourth-order valence-corrected chi connectivity index (χ4v) is 1.62. The van der Waals surface area contributed by atoms with E-state index >= 15 is 0 Å². The largest absolute Gasteiger partial charge is 1.00 e. The first-order valence-corrected chi connectivity index (χ1v) is 5.13. The Morgan fingerprint density at radius 1 is 1.56 bits per heavy atom. The van der Waals surface area contributed by atoms with Crippen molar-refractivity contribution in [1.82, 2.24) is 14.5 Å². The number of fused-ring (bicyclic) bond motifs is 1. The number of likely N-dealkylation sites (N-methyl/N-ethyl adjacent to an activating group) is 1. The summed E-state index contributed by atoms with van der Waals surface area (Å²) in [5.41, 5.74) is 1.21. The van der Waals surface area contributed by atoms with Gasteiger partial charge in [-0.15, -0.1) is 0 Å². The van der Waals surface area contributed by atoms with E-state index in [9.17, 15) is 4.79 Å². The Bertz CT molecular complexity index is 534. The predicted octanol–water partition coefficient (Wildman–Crippen LogP) is -3.42. The second-order valence-electron chi connectivity index (χ2n) is 3.28. The Balaban J connectivity index is 0.00000128. The number of nitrogens with one attached hydrogen (secondary N) is 1. The van der Waals surface area contributed by atoms with Crippen LogP contribution >= 0.6 is 11.6 Å². The Morgan fingerprint density at radius 2 is 2.31 bits per heavy atom. The first-order valence-electron chi connectivity index (χ1n) is 4.75. The molecular weight excluding hydrogens is 251 g/mol.